The SMILES string of the molecule is CCCCCCc1cc(-c2sc(-c3sc(-c4sc(-c5ccc6c(c5)c5ccccc5n6CC)cc4CCCCOC)cc3CCCCOC)cc2CCCCCC)sc1/C=C(\C#N)C(=O)O. The highest BCUT2D eigenvalue weighted by molar-refractivity contribution is 7.29. The highest BCUT2D eigenvalue weighted by Crippen LogP contribution is 2.50. The predicted molar refractivity (Wildman–Crippen MR) is 285 cm³/mol. The quantitative estimate of drug-likeness (QED) is 0.0315. The molecule has 1 N–H and O–H groups in total. The predicted octanol–water partition coefficient (Wildman–Crippen LogP) is 16.9. The molecule has 0 spiro atoms. The smallest absolute Gasteiger partial charge is 0.346 e. The first-order valence-electron chi connectivity index (χ1n) is 24.2. The van der Waals surface area contributed by atoms with Gasteiger partial charge < -0.3 is 19.1 Å². The van der Waals surface area contributed by atoms with Gasteiger partial charge in [-0.3, -0.25) is 0 Å². The minimum absolute atomic E-state index is 0.214. The largest absolute Gasteiger partial charge is 0.477 e. The first kappa shape index (κ1) is 49.6. The normalized spacial score (nSPS) is 12.0. The number of aliphatic carboxylic acids is 1. The Hall–Kier alpha value is -4.34. The van der Waals surface area contributed by atoms with E-state index >= 15 is 0 Å². The summed E-state index contributed by atoms with van der Waals surface area (Å²) in [5, 5.41) is 22.2. The minimum atomic E-state index is -1.18. The van der Waals surface area contributed by atoms with Gasteiger partial charge in [0.25, 0.3) is 0 Å². The number of benzene rings is 2. The van der Waals surface area contributed by atoms with Crippen LogP contribution in [0.5, 0.6) is 0 Å². The van der Waals surface area contributed by atoms with Crippen LogP contribution < -0.4 is 0 Å². The Bertz CT molecular complexity index is 2770. The van der Waals surface area contributed by atoms with E-state index in [9.17, 15) is 15.2 Å². The van der Waals surface area contributed by atoms with Crippen molar-refractivity contribution in [2.45, 2.75) is 130 Å². The molecule has 6 nitrogen and oxygen atoms in total. The zero-order chi connectivity index (χ0) is 46.4. The molecule has 2 aromatic carbocycles. The summed E-state index contributed by atoms with van der Waals surface area (Å²) >= 11 is 7.43. The molecule has 0 amide bonds. The van der Waals surface area contributed by atoms with Crippen LogP contribution in [0.3, 0.4) is 0 Å². The summed E-state index contributed by atoms with van der Waals surface area (Å²) in [6.45, 7) is 9.16. The van der Waals surface area contributed by atoms with Crippen molar-refractivity contribution in [1.82, 2.24) is 4.57 Å². The summed E-state index contributed by atoms with van der Waals surface area (Å²) in [5.41, 5.74) is 8.95. The van der Waals surface area contributed by atoms with Gasteiger partial charge in [0.15, 0.2) is 0 Å². The lowest BCUT2D eigenvalue weighted by Crippen LogP contribution is -1.97. The van der Waals surface area contributed by atoms with Crippen molar-refractivity contribution in [2.24, 2.45) is 0 Å². The van der Waals surface area contributed by atoms with E-state index in [0.29, 0.717) is 0 Å². The molecular weight excluding hydrogens is 893 g/mol. The number of rotatable bonds is 27. The van der Waals surface area contributed by atoms with E-state index in [1.54, 1.807) is 31.6 Å². The molecule has 0 saturated heterocycles. The number of carboxylic acids is 1. The number of hydrogen-bond acceptors (Lipinski definition) is 8. The van der Waals surface area contributed by atoms with Crippen molar-refractivity contribution in [3.8, 4) is 45.8 Å². The third-order valence-electron chi connectivity index (χ3n) is 12.6. The van der Waals surface area contributed by atoms with Crippen LogP contribution in [0.2, 0.25) is 0 Å². The van der Waals surface area contributed by atoms with E-state index in [2.05, 4.69) is 92.1 Å². The maximum absolute atomic E-state index is 12.0. The third kappa shape index (κ3) is 11.8. The number of hydrogen-bond donors (Lipinski definition) is 1. The van der Waals surface area contributed by atoms with Crippen molar-refractivity contribution in [1.29, 1.82) is 5.26 Å². The van der Waals surface area contributed by atoms with Gasteiger partial charge in [-0.2, -0.15) is 5.26 Å². The molecule has 5 aromatic heterocycles. The zero-order valence-corrected chi connectivity index (χ0v) is 42.8. The molecule has 0 saturated carbocycles. The second kappa shape index (κ2) is 24.6. The highest BCUT2D eigenvalue weighted by Gasteiger charge is 2.23. The van der Waals surface area contributed by atoms with Crippen molar-refractivity contribution in [3.05, 3.63) is 99.4 Å². The average Bonchev–Trinajstić information content (AvgIpc) is 4.17. The topological polar surface area (TPSA) is 84.5 Å². The van der Waals surface area contributed by atoms with Crippen molar-refractivity contribution in [2.75, 3.05) is 27.4 Å². The van der Waals surface area contributed by atoms with Gasteiger partial charge in [0, 0.05) is 94.8 Å². The van der Waals surface area contributed by atoms with Crippen molar-refractivity contribution in [3.63, 3.8) is 0 Å². The van der Waals surface area contributed by atoms with Crippen molar-refractivity contribution >= 4 is 79.2 Å². The molecule has 0 bridgehead atoms. The van der Waals surface area contributed by atoms with Crippen LogP contribution in [-0.2, 0) is 46.5 Å². The lowest BCUT2D eigenvalue weighted by Gasteiger charge is -2.03. The van der Waals surface area contributed by atoms with E-state index in [1.807, 2.05) is 40.1 Å². The van der Waals surface area contributed by atoms with Crippen LogP contribution in [0.1, 0.15) is 125 Å². The molecule has 7 aromatic rings. The lowest BCUT2D eigenvalue weighted by atomic mass is 10.0. The molecule has 0 aliphatic rings. The number of methoxy groups -OCH3 is 2. The first-order chi connectivity index (χ1) is 32.3. The van der Waals surface area contributed by atoms with Gasteiger partial charge >= 0.3 is 5.97 Å². The fourth-order valence-electron chi connectivity index (χ4n) is 9.14. The molecule has 0 radical (unpaired) electrons. The summed E-state index contributed by atoms with van der Waals surface area (Å²) in [6, 6.07) is 27.5. The molecular formula is C56H66N2O4S4. The van der Waals surface area contributed by atoms with Gasteiger partial charge in [-0.1, -0.05) is 76.6 Å². The Morgan fingerprint density at radius 1 is 0.606 bits per heavy atom. The third-order valence-corrected chi connectivity index (χ3v) is 17.9. The van der Waals surface area contributed by atoms with Crippen LogP contribution in [0.4, 0.5) is 0 Å². The van der Waals surface area contributed by atoms with Crippen molar-refractivity contribution < 1.29 is 19.4 Å². The second-order valence-electron chi connectivity index (χ2n) is 17.4. The second-order valence-corrected chi connectivity index (χ2v) is 21.6. The van der Waals surface area contributed by atoms with Crippen LogP contribution in [0, 0.1) is 11.3 Å². The summed E-state index contributed by atoms with van der Waals surface area (Å²) in [4.78, 5) is 22.1. The molecule has 66 heavy (non-hydrogen) atoms. The maximum atomic E-state index is 12.0. The summed E-state index contributed by atoms with van der Waals surface area (Å²) in [5.74, 6) is -1.18. The van der Waals surface area contributed by atoms with Crippen LogP contribution in [0.25, 0.3) is 67.6 Å². The number of nitrogens with zero attached hydrogens (tertiary/aromatic N) is 2. The van der Waals surface area contributed by atoms with E-state index in [0.717, 1.165) is 107 Å². The summed E-state index contributed by atoms with van der Waals surface area (Å²) in [6.07, 6.45) is 18.9. The number of carbonyl (C=O) groups is 1. The van der Waals surface area contributed by atoms with Gasteiger partial charge in [0.1, 0.15) is 11.6 Å². The molecule has 0 aliphatic heterocycles. The highest BCUT2D eigenvalue weighted by atomic mass is 32.1. The number of aromatic nitrogens is 1. The Kier molecular flexibility index (Phi) is 18.5. The maximum Gasteiger partial charge on any atom is 0.346 e. The van der Waals surface area contributed by atoms with Crippen LogP contribution in [-0.4, -0.2) is 43.1 Å². The number of fused-ring (bicyclic) bond motifs is 3. The number of nitriles is 1. The standard InChI is InChI=1S/C56H66N2O4S4/c1-6-9-11-13-21-38-32-50(63-48(38)36-43(37-57)56(59)60)53-41(22-14-12-10-7-2)34-52(65-53)55-42(24-18-20-30-62-5)35-51(66-55)54-40(23-17-19-29-61-4)33-49(64-54)39-27-28-47-45(31-39)44-25-15-16-26-46(44)58(47)8-3/h15-16,25-28,31-36H,6-14,17-24,29-30H2,1-5H3,(H,59,60)/b43-36+. The number of aryl methyl sites for hydroxylation is 5. The Morgan fingerprint density at radius 2 is 1.11 bits per heavy atom. The Balaban J connectivity index is 1.33. The van der Waals surface area contributed by atoms with E-state index in [-0.39, 0.29) is 5.57 Å². The average molecular weight is 959 g/mol. The molecule has 0 atom stereocenters. The molecule has 0 unspecified atom stereocenters. The summed E-state index contributed by atoms with van der Waals surface area (Å²) < 4.78 is 13.4. The monoisotopic (exact) mass is 958 g/mol. The van der Waals surface area contributed by atoms with Gasteiger partial charge in [-0.15, -0.1) is 45.3 Å². The van der Waals surface area contributed by atoms with Gasteiger partial charge in [-0.05, 0) is 147 Å². The van der Waals surface area contributed by atoms with Crippen LogP contribution in [0.15, 0.2) is 72.3 Å². The number of para-hydroxylation sites is 1. The molecule has 0 fully saturated rings. The number of carboxylic acid groups (broad SMARTS) is 1. The molecule has 348 valence electrons. The van der Waals surface area contributed by atoms with E-state index in [4.69, 9.17) is 9.47 Å². The van der Waals surface area contributed by atoms with E-state index < -0.39 is 5.97 Å². The fourth-order valence-corrected chi connectivity index (χ4v) is 14.3. The first-order valence-corrected chi connectivity index (χ1v) is 27.4. The van der Waals surface area contributed by atoms with Gasteiger partial charge in [0.05, 0.1) is 0 Å². The Morgan fingerprint density at radius 3 is 1.65 bits per heavy atom. The fraction of sp³-hybridized carbons (Fsp3) is 0.429. The number of ether oxygens (including phenoxy) is 2. The van der Waals surface area contributed by atoms with Crippen LogP contribution >= 0.6 is 45.3 Å². The zero-order valence-electron chi connectivity index (χ0n) is 39.6. The molecule has 7 rings (SSSR count). The van der Waals surface area contributed by atoms with E-state index in [1.165, 1.54) is 104 Å². The Labute approximate surface area is 408 Å². The van der Waals surface area contributed by atoms with Gasteiger partial charge in [-0.25, -0.2) is 4.79 Å². The minimum Gasteiger partial charge on any atom is -0.477 e. The lowest BCUT2D eigenvalue weighted by molar-refractivity contribution is -0.132. The molecule has 10 heteroatoms. The molecule has 5 heterocycles. The number of thiophene rings is 4. The number of unbranched alkanes of at least 4 members (excludes halogenated alkanes) is 8. The molecule has 0 aliphatic carbocycles. The summed E-state index contributed by atoms with van der Waals surface area (Å²) in [7, 11) is 3.58. The van der Waals surface area contributed by atoms with Gasteiger partial charge in [0.2, 0.25) is 0 Å².